The van der Waals surface area contributed by atoms with Crippen LogP contribution in [0.4, 0.5) is 5.69 Å². The summed E-state index contributed by atoms with van der Waals surface area (Å²) in [6, 6.07) is 14.1. The van der Waals surface area contributed by atoms with Crippen LogP contribution in [0.3, 0.4) is 0 Å². The first-order valence-electron chi connectivity index (χ1n) is 9.76. The molecule has 4 aromatic rings. The topological polar surface area (TPSA) is 83.6 Å². The number of carbonyl (C=O) groups is 1. The Kier molecular flexibility index (Phi) is 5.87. The number of rotatable bonds is 6. The zero-order valence-electron chi connectivity index (χ0n) is 17.3. The van der Waals surface area contributed by atoms with Crippen molar-refractivity contribution in [3.63, 3.8) is 0 Å². The predicted octanol–water partition coefficient (Wildman–Crippen LogP) is 5.63. The summed E-state index contributed by atoms with van der Waals surface area (Å²) in [6.45, 7) is 8.03. The van der Waals surface area contributed by atoms with E-state index in [2.05, 4.69) is 45.6 Å². The van der Waals surface area contributed by atoms with Crippen molar-refractivity contribution in [1.82, 2.24) is 20.2 Å². The summed E-state index contributed by atoms with van der Waals surface area (Å²) in [5.41, 5.74) is 4.03. The number of nitrogens with one attached hydrogen (secondary N) is 2. The van der Waals surface area contributed by atoms with E-state index < -0.39 is 0 Å². The average molecular weight is 438 g/mol. The van der Waals surface area contributed by atoms with Gasteiger partial charge in [0.05, 0.1) is 15.5 Å². The SMILES string of the molecule is Cc1ccc2nc(-c3ccc(NC(=O)C(C)Sc4n[nH]c(C(C)C)n4)cc3)sc2c1. The van der Waals surface area contributed by atoms with Gasteiger partial charge in [0.25, 0.3) is 0 Å². The Morgan fingerprint density at radius 3 is 2.57 bits per heavy atom. The molecule has 154 valence electrons. The maximum absolute atomic E-state index is 12.6. The van der Waals surface area contributed by atoms with Gasteiger partial charge in [0.2, 0.25) is 11.1 Å². The molecule has 0 aliphatic heterocycles. The number of benzene rings is 2. The Hall–Kier alpha value is -2.71. The lowest BCUT2D eigenvalue weighted by atomic mass is 10.2. The van der Waals surface area contributed by atoms with Crippen molar-refractivity contribution in [3.8, 4) is 10.6 Å². The summed E-state index contributed by atoms with van der Waals surface area (Å²) in [5, 5.41) is 11.3. The first-order chi connectivity index (χ1) is 14.4. The number of hydrogen-bond donors (Lipinski definition) is 2. The molecule has 1 amide bonds. The molecular formula is C22H23N5OS2. The van der Waals surface area contributed by atoms with Crippen LogP contribution in [0.5, 0.6) is 0 Å². The van der Waals surface area contributed by atoms with E-state index in [4.69, 9.17) is 4.98 Å². The molecule has 0 radical (unpaired) electrons. The number of fused-ring (bicyclic) bond motifs is 1. The molecule has 2 aromatic carbocycles. The predicted molar refractivity (Wildman–Crippen MR) is 124 cm³/mol. The molecule has 1 atom stereocenters. The summed E-state index contributed by atoms with van der Waals surface area (Å²) in [6.07, 6.45) is 0. The molecule has 1 unspecified atom stereocenters. The van der Waals surface area contributed by atoms with Gasteiger partial charge in [-0.25, -0.2) is 9.97 Å². The second-order valence-electron chi connectivity index (χ2n) is 7.47. The lowest BCUT2D eigenvalue weighted by Gasteiger charge is -2.10. The minimum absolute atomic E-state index is 0.0842. The van der Waals surface area contributed by atoms with Crippen LogP contribution < -0.4 is 5.32 Å². The standard InChI is InChI=1S/C22H23N5OS2/c1-12(2)19-25-22(27-26-19)29-14(4)20(28)23-16-8-6-15(7-9-16)21-24-17-10-5-13(3)11-18(17)30-21/h5-12,14H,1-4H3,(H,23,28)(H,25,26,27). The number of nitrogens with zero attached hydrogens (tertiary/aromatic N) is 3. The van der Waals surface area contributed by atoms with Gasteiger partial charge in [-0.05, 0) is 55.8 Å². The normalized spacial score (nSPS) is 12.4. The van der Waals surface area contributed by atoms with Crippen molar-refractivity contribution >= 4 is 44.9 Å². The number of amides is 1. The number of H-pyrrole nitrogens is 1. The van der Waals surface area contributed by atoms with E-state index in [1.807, 2.05) is 45.0 Å². The highest BCUT2D eigenvalue weighted by molar-refractivity contribution is 8.00. The van der Waals surface area contributed by atoms with Crippen LogP contribution >= 0.6 is 23.1 Å². The third-order valence-corrected chi connectivity index (χ3v) is 6.65. The molecule has 0 saturated carbocycles. The largest absolute Gasteiger partial charge is 0.325 e. The van der Waals surface area contributed by atoms with Gasteiger partial charge in [-0.2, -0.15) is 0 Å². The Bertz CT molecular complexity index is 1180. The molecule has 0 aliphatic rings. The van der Waals surface area contributed by atoms with E-state index in [1.54, 1.807) is 11.3 Å². The van der Waals surface area contributed by atoms with Crippen LogP contribution in [0, 0.1) is 6.92 Å². The van der Waals surface area contributed by atoms with Gasteiger partial charge in [-0.3, -0.25) is 9.89 Å². The molecule has 0 fully saturated rings. The summed E-state index contributed by atoms with van der Waals surface area (Å²) in [7, 11) is 0. The molecule has 2 N–H and O–H groups in total. The fourth-order valence-electron chi connectivity index (χ4n) is 2.88. The van der Waals surface area contributed by atoms with Gasteiger partial charge in [0.15, 0.2) is 0 Å². The lowest BCUT2D eigenvalue weighted by molar-refractivity contribution is -0.115. The molecule has 30 heavy (non-hydrogen) atoms. The number of anilines is 1. The smallest absolute Gasteiger partial charge is 0.237 e. The highest BCUT2D eigenvalue weighted by atomic mass is 32.2. The number of aromatic amines is 1. The molecule has 2 heterocycles. The fourth-order valence-corrected chi connectivity index (χ4v) is 4.68. The third-order valence-electron chi connectivity index (χ3n) is 4.62. The molecule has 0 aliphatic carbocycles. The summed E-state index contributed by atoms with van der Waals surface area (Å²) >= 11 is 3.01. The first-order valence-corrected chi connectivity index (χ1v) is 11.5. The maximum atomic E-state index is 12.6. The average Bonchev–Trinajstić information content (AvgIpc) is 3.35. The van der Waals surface area contributed by atoms with Crippen LogP contribution in [-0.2, 0) is 4.79 Å². The van der Waals surface area contributed by atoms with Crippen LogP contribution in [0.15, 0.2) is 47.6 Å². The van der Waals surface area contributed by atoms with Crippen LogP contribution in [-0.4, -0.2) is 31.3 Å². The molecular weight excluding hydrogens is 414 g/mol. The molecule has 2 aromatic heterocycles. The highest BCUT2D eigenvalue weighted by Crippen LogP contribution is 2.31. The second kappa shape index (κ2) is 8.57. The number of aromatic nitrogens is 4. The number of thiazole rings is 1. The summed E-state index contributed by atoms with van der Waals surface area (Å²) < 4.78 is 1.18. The van der Waals surface area contributed by atoms with Crippen molar-refractivity contribution in [1.29, 1.82) is 0 Å². The Morgan fingerprint density at radius 1 is 1.10 bits per heavy atom. The molecule has 0 spiro atoms. The Labute approximate surface area is 183 Å². The van der Waals surface area contributed by atoms with Crippen molar-refractivity contribution < 1.29 is 4.79 Å². The minimum atomic E-state index is -0.312. The lowest BCUT2D eigenvalue weighted by Crippen LogP contribution is -2.22. The van der Waals surface area contributed by atoms with Gasteiger partial charge >= 0.3 is 0 Å². The van der Waals surface area contributed by atoms with E-state index in [0.717, 1.165) is 27.6 Å². The number of carbonyl (C=O) groups excluding carboxylic acids is 1. The van der Waals surface area contributed by atoms with E-state index in [-0.39, 0.29) is 17.1 Å². The maximum Gasteiger partial charge on any atom is 0.237 e. The van der Waals surface area contributed by atoms with Crippen LogP contribution in [0.1, 0.15) is 38.1 Å². The van der Waals surface area contributed by atoms with E-state index >= 15 is 0 Å². The van der Waals surface area contributed by atoms with Crippen LogP contribution in [0.2, 0.25) is 0 Å². The van der Waals surface area contributed by atoms with Crippen molar-refractivity contribution in [2.24, 2.45) is 0 Å². The number of thioether (sulfide) groups is 1. The summed E-state index contributed by atoms with van der Waals surface area (Å²) in [5.74, 6) is 1.01. The van der Waals surface area contributed by atoms with Crippen molar-refractivity contribution in [2.45, 2.75) is 44.0 Å². The quantitative estimate of drug-likeness (QED) is 0.382. The molecule has 0 saturated heterocycles. The second-order valence-corrected chi connectivity index (χ2v) is 9.81. The summed E-state index contributed by atoms with van der Waals surface area (Å²) in [4.78, 5) is 21.7. The van der Waals surface area contributed by atoms with Gasteiger partial charge < -0.3 is 5.32 Å². The molecule has 6 nitrogen and oxygen atoms in total. The third kappa shape index (κ3) is 4.55. The molecule has 8 heteroatoms. The molecule has 0 bridgehead atoms. The number of aryl methyl sites for hydroxylation is 1. The monoisotopic (exact) mass is 437 g/mol. The van der Waals surface area contributed by atoms with Crippen LogP contribution in [0.25, 0.3) is 20.8 Å². The number of hydrogen-bond acceptors (Lipinski definition) is 6. The van der Waals surface area contributed by atoms with Gasteiger partial charge in [-0.1, -0.05) is 31.7 Å². The first kappa shape index (κ1) is 20.6. The zero-order chi connectivity index (χ0) is 21.3. The highest BCUT2D eigenvalue weighted by Gasteiger charge is 2.18. The Balaban J connectivity index is 1.41. The van der Waals surface area contributed by atoms with Crippen molar-refractivity contribution in [3.05, 3.63) is 53.9 Å². The fraction of sp³-hybridized carbons (Fsp3) is 0.273. The zero-order valence-corrected chi connectivity index (χ0v) is 18.9. The van der Waals surface area contributed by atoms with E-state index in [9.17, 15) is 4.79 Å². The minimum Gasteiger partial charge on any atom is -0.325 e. The van der Waals surface area contributed by atoms with Gasteiger partial charge in [0, 0.05) is 17.2 Å². The van der Waals surface area contributed by atoms with E-state index in [1.165, 1.54) is 22.0 Å². The van der Waals surface area contributed by atoms with Gasteiger partial charge in [0.1, 0.15) is 10.8 Å². The van der Waals surface area contributed by atoms with Crippen molar-refractivity contribution in [2.75, 3.05) is 5.32 Å². The van der Waals surface area contributed by atoms with Gasteiger partial charge in [-0.15, -0.1) is 16.4 Å². The van der Waals surface area contributed by atoms with E-state index in [0.29, 0.717) is 5.16 Å². The Morgan fingerprint density at radius 2 is 1.87 bits per heavy atom. The molecule has 4 rings (SSSR count).